The van der Waals surface area contributed by atoms with Gasteiger partial charge in [0, 0.05) is 12.2 Å². The molecule has 0 spiro atoms. The summed E-state index contributed by atoms with van der Waals surface area (Å²) in [6.07, 6.45) is 3.58. The van der Waals surface area contributed by atoms with E-state index in [0.29, 0.717) is 25.6 Å². The highest BCUT2D eigenvalue weighted by Gasteiger charge is 2.24. The van der Waals surface area contributed by atoms with E-state index in [1.165, 1.54) is 54.9 Å². The molecule has 2 heterocycles. The van der Waals surface area contributed by atoms with Crippen LogP contribution < -0.4 is 15.5 Å². The van der Waals surface area contributed by atoms with Crippen LogP contribution in [0.15, 0.2) is 88.9 Å². The number of para-hydroxylation sites is 1. The Morgan fingerprint density at radius 3 is 2.33 bits per heavy atom. The fraction of sp³-hybridized carbons (Fsp3) is 0.148. The van der Waals surface area contributed by atoms with Crippen LogP contribution in [0.1, 0.15) is 11.1 Å². The number of nitrogens with one attached hydrogen (secondary N) is 2. The van der Waals surface area contributed by atoms with Gasteiger partial charge in [0.2, 0.25) is 11.9 Å². The minimum atomic E-state index is -4.78. The van der Waals surface area contributed by atoms with E-state index in [1.54, 1.807) is 6.07 Å². The molecule has 15 heteroatoms. The van der Waals surface area contributed by atoms with Crippen LogP contribution in [-0.4, -0.2) is 66.8 Å². The van der Waals surface area contributed by atoms with Crippen LogP contribution in [0.5, 0.6) is 0 Å². The van der Waals surface area contributed by atoms with Gasteiger partial charge in [0.15, 0.2) is 0 Å². The molecular weight excluding hydrogens is 584 g/mol. The fourth-order valence-electron chi connectivity index (χ4n) is 4.36. The monoisotopic (exact) mass is 610 g/mol. The zero-order chi connectivity index (χ0) is 29.7. The molecule has 1 aliphatic heterocycles. The first-order chi connectivity index (χ1) is 20.1. The molecule has 1 aromatic heterocycles. The molecule has 5 rings (SSSR count). The summed E-state index contributed by atoms with van der Waals surface area (Å²) in [5, 5.41) is 6.14. The molecule has 0 bridgehead atoms. The van der Waals surface area contributed by atoms with Gasteiger partial charge < -0.3 is 20.3 Å². The Balaban J connectivity index is 1.40. The average Bonchev–Trinajstić information content (AvgIpc) is 2.96. The van der Waals surface area contributed by atoms with Crippen LogP contribution in [0, 0.1) is 0 Å². The number of hydrogen-bond acceptors (Lipinski definition) is 11. The van der Waals surface area contributed by atoms with Gasteiger partial charge in [-0.05, 0) is 35.4 Å². The quantitative estimate of drug-likeness (QED) is 0.159. The van der Waals surface area contributed by atoms with Gasteiger partial charge in [-0.15, -0.1) is 0 Å². The lowest BCUT2D eigenvalue weighted by Crippen LogP contribution is -2.46. The largest absolute Gasteiger partial charge is 0.359 e. The zero-order valence-electron chi connectivity index (χ0n) is 21.9. The maximum atomic E-state index is 12.5. The van der Waals surface area contributed by atoms with E-state index in [4.69, 9.17) is 4.74 Å². The normalized spacial score (nSPS) is 16.0. The second-order valence-electron chi connectivity index (χ2n) is 9.10. The molecule has 1 unspecified atom stereocenters. The van der Waals surface area contributed by atoms with Crippen LogP contribution >= 0.6 is 0 Å². The standard InChI is InChI=1S/C27H26N6O7S2/c34-41(35,36)23-12-5-4-7-19(23)13-14-20-8-6-11-22(25(20)42(37,38)39)31-26-28-18-29-27(32-26)33-15-16-40-24(17-33)30-21-9-2-1-3-10-21/h1-14,18,24,30H,15-17H2,(H,34,35,36)(H,37,38,39)(H,28,29,31,32). The lowest BCUT2D eigenvalue weighted by atomic mass is 10.1. The highest BCUT2D eigenvalue weighted by Crippen LogP contribution is 2.30. The first kappa shape index (κ1) is 29.1. The molecule has 1 aliphatic rings. The van der Waals surface area contributed by atoms with Gasteiger partial charge in [0.1, 0.15) is 22.3 Å². The number of hydrogen-bond donors (Lipinski definition) is 4. The molecule has 4 N–H and O–H groups in total. The Morgan fingerprint density at radius 1 is 0.857 bits per heavy atom. The van der Waals surface area contributed by atoms with Crippen molar-refractivity contribution in [2.45, 2.75) is 16.0 Å². The third kappa shape index (κ3) is 7.07. The van der Waals surface area contributed by atoms with Crippen molar-refractivity contribution in [3.8, 4) is 0 Å². The van der Waals surface area contributed by atoms with Crippen molar-refractivity contribution >= 4 is 55.7 Å². The van der Waals surface area contributed by atoms with Gasteiger partial charge in [0.05, 0.1) is 18.8 Å². The zero-order valence-corrected chi connectivity index (χ0v) is 23.5. The minimum absolute atomic E-state index is 0.0227. The predicted octanol–water partition coefficient (Wildman–Crippen LogP) is 3.55. The summed E-state index contributed by atoms with van der Waals surface area (Å²) < 4.78 is 73.8. The van der Waals surface area contributed by atoms with Crippen LogP contribution in [0.4, 0.5) is 23.3 Å². The number of ether oxygens (including phenoxy) is 1. The molecule has 0 aliphatic carbocycles. The topological polar surface area (TPSA) is 184 Å². The first-order valence-corrected chi connectivity index (χ1v) is 15.5. The molecule has 0 saturated carbocycles. The number of benzene rings is 3. The van der Waals surface area contributed by atoms with E-state index >= 15 is 0 Å². The first-order valence-electron chi connectivity index (χ1n) is 12.6. The molecule has 42 heavy (non-hydrogen) atoms. The summed E-state index contributed by atoms with van der Waals surface area (Å²) >= 11 is 0. The number of anilines is 4. The Labute approximate surface area is 242 Å². The number of rotatable bonds is 9. The highest BCUT2D eigenvalue weighted by molar-refractivity contribution is 7.86. The fourth-order valence-corrected chi connectivity index (χ4v) is 5.88. The number of nitrogens with zero attached hydrogens (tertiary/aromatic N) is 4. The summed E-state index contributed by atoms with van der Waals surface area (Å²) in [5.74, 6) is 0.365. The minimum Gasteiger partial charge on any atom is -0.359 e. The molecule has 4 aromatic rings. The van der Waals surface area contributed by atoms with Crippen molar-refractivity contribution in [3.63, 3.8) is 0 Å². The van der Waals surface area contributed by atoms with Crippen molar-refractivity contribution in [2.75, 3.05) is 35.2 Å². The van der Waals surface area contributed by atoms with E-state index in [0.717, 1.165) is 5.69 Å². The summed E-state index contributed by atoms with van der Waals surface area (Å²) in [6, 6.07) is 19.6. The van der Waals surface area contributed by atoms with Crippen LogP contribution in [0.2, 0.25) is 0 Å². The summed E-state index contributed by atoms with van der Waals surface area (Å²) in [4.78, 5) is 13.9. The third-order valence-corrected chi connectivity index (χ3v) is 8.10. The summed E-state index contributed by atoms with van der Waals surface area (Å²) in [5.41, 5.74) is 1.04. The summed E-state index contributed by atoms with van der Waals surface area (Å²) in [6.45, 7) is 1.36. The van der Waals surface area contributed by atoms with Gasteiger partial charge in [-0.2, -0.15) is 21.8 Å². The molecule has 0 radical (unpaired) electrons. The lowest BCUT2D eigenvalue weighted by Gasteiger charge is -2.33. The summed E-state index contributed by atoms with van der Waals surface area (Å²) in [7, 11) is -9.31. The van der Waals surface area contributed by atoms with Crippen LogP contribution in [-0.2, 0) is 25.0 Å². The molecule has 218 valence electrons. The second kappa shape index (κ2) is 12.2. The van der Waals surface area contributed by atoms with Crippen molar-refractivity contribution in [1.29, 1.82) is 0 Å². The Morgan fingerprint density at radius 2 is 1.57 bits per heavy atom. The Bertz CT molecular complexity index is 1820. The van der Waals surface area contributed by atoms with Crippen molar-refractivity contribution in [3.05, 3.63) is 90.3 Å². The van der Waals surface area contributed by atoms with Gasteiger partial charge in [-0.25, -0.2) is 9.97 Å². The molecule has 1 atom stereocenters. The van der Waals surface area contributed by atoms with Gasteiger partial charge in [-0.1, -0.05) is 60.7 Å². The van der Waals surface area contributed by atoms with Crippen LogP contribution in [0.3, 0.4) is 0 Å². The van der Waals surface area contributed by atoms with Gasteiger partial charge >= 0.3 is 0 Å². The number of morpholine rings is 1. The SMILES string of the molecule is O=S(=O)(O)c1ccccc1C=Cc1cccc(Nc2ncnc(N3CCOC(Nc4ccccc4)C3)n2)c1S(=O)(=O)O. The average molecular weight is 611 g/mol. The highest BCUT2D eigenvalue weighted by atomic mass is 32.2. The maximum absolute atomic E-state index is 12.5. The van der Waals surface area contributed by atoms with Crippen LogP contribution in [0.25, 0.3) is 12.2 Å². The molecule has 1 fully saturated rings. The molecular formula is C27H26N6O7S2. The van der Waals surface area contributed by atoms with Crippen molar-refractivity contribution < 1.29 is 30.7 Å². The number of aromatic nitrogens is 3. The lowest BCUT2D eigenvalue weighted by molar-refractivity contribution is 0.0585. The molecule has 0 amide bonds. The molecule has 13 nitrogen and oxygen atoms in total. The Hall–Kier alpha value is -4.41. The van der Waals surface area contributed by atoms with E-state index in [-0.39, 0.29) is 33.9 Å². The second-order valence-corrected chi connectivity index (χ2v) is 11.8. The molecule has 1 saturated heterocycles. The van der Waals surface area contributed by atoms with E-state index in [2.05, 4.69) is 25.6 Å². The Kier molecular flexibility index (Phi) is 8.46. The van der Waals surface area contributed by atoms with E-state index < -0.39 is 25.1 Å². The third-order valence-electron chi connectivity index (χ3n) is 6.20. The molecule has 3 aromatic carbocycles. The van der Waals surface area contributed by atoms with Gasteiger partial charge in [0.25, 0.3) is 20.2 Å². The van der Waals surface area contributed by atoms with Crippen molar-refractivity contribution in [2.24, 2.45) is 0 Å². The van der Waals surface area contributed by atoms with Crippen molar-refractivity contribution in [1.82, 2.24) is 15.0 Å². The van der Waals surface area contributed by atoms with E-state index in [1.807, 2.05) is 35.2 Å². The smallest absolute Gasteiger partial charge is 0.297 e. The predicted molar refractivity (Wildman–Crippen MR) is 157 cm³/mol. The van der Waals surface area contributed by atoms with Gasteiger partial charge in [-0.3, -0.25) is 9.11 Å². The van der Waals surface area contributed by atoms with E-state index in [9.17, 15) is 25.9 Å². The maximum Gasteiger partial charge on any atom is 0.297 e.